The van der Waals surface area contributed by atoms with E-state index in [4.69, 9.17) is 23.2 Å². The number of hydrogen-bond acceptors (Lipinski definition) is 14. The quantitative estimate of drug-likeness (QED) is 0.0600. The van der Waals surface area contributed by atoms with Crippen LogP contribution in [0.5, 0.6) is 11.5 Å². The first-order valence-electron chi connectivity index (χ1n) is 19.0. The Labute approximate surface area is 347 Å². The molecule has 2 saturated carbocycles. The molecular weight excluding hydrogens is 835 g/mol. The predicted molar refractivity (Wildman–Crippen MR) is 222 cm³/mol. The van der Waals surface area contributed by atoms with Crippen molar-refractivity contribution in [3.63, 3.8) is 0 Å². The second-order valence-electron chi connectivity index (χ2n) is 15.6. The number of nitrogens with zero attached hydrogens (tertiary/aromatic N) is 2. The number of sulfonamides is 2. The van der Waals surface area contributed by atoms with Gasteiger partial charge in [-0.3, -0.25) is 14.4 Å². The van der Waals surface area contributed by atoms with Crippen LogP contribution in [-0.2, 0) is 24.8 Å². The number of benzene rings is 2. The van der Waals surface area contributed by atoms with E-state index in [0.717, 1.165) is 47.1 Å². The van der Waals surface area contributed by atoms with E-state index in [0.29, 0.717) is 19.3 Å². The fourth-order valence-electron chi connectivity index (χ4n) is 8.04. The summed E-state index contributed by atoms with van der Waals surface area (Å²) in [7, 11) is -4.58. The molecular formula is C38H48Cl2N6O10S2. The first kappa shape index (κ1) is 43.7. The van der Waals surface area contributed by atoms with Crippen LogP contribution in [0.3, 0.4) is 0 Å². The van der Waals surface area contributed by atoms with Gasteiger partial charge in [0.1, 0.15) is 26.9 Å². The lowest BCUT2D eigenvalue weighted by Crippen LogP contribution is -2.52. The molecule has 3 aliphatic carbocycles. The maximum Gasteiger partial charge on any atom is 0.253 e. The van der Waals surface area contributed by atoms with Crippen molar-refractivity contribution >= 4 is 71.8 Å². The van der Waals surface area contributed by atoms with Gasteiger partial charge in [0.05, 0.1) is 27.1 Å². The minimum Gasteiger partial charge on any atom is -0.504 e. The SMILES string of the molecule is CCC1(CNC2=C(Nc3ccc(Cl)c(S(=O)(=O)N(C)C)c3O)C(O)C2=O)CC(CN(C)S(=O)(=O)c2c(Cl)ccc(Nc3c(NC4CCCCCC4)c(=O)c3=O)c2O)C1. The van der Waals surface area contributed by atoms with Crippen LogP contribution in [0, 0.1) is 11.3 Å². The van der Waals surface area contributed by atoms with Crippen molar-refractivity contribution in [2.75, 3.05) is 50.2 Å². The van der Waals surface area contributed by atoms with Crippen LogP contribution in [0.4, 0.5) is 22.7 Å². The van der Waals surface area contributed by atoms with E-state index in [9.17, 15) is 46.5 Å². The van der Waals surface area contributed by atoms with Crippen LogP contribution in [0.15, 0.2) is 55.0 Å². The van der Waals surface area contributed by atoms with Crippen molar-refractivity contribution < 1.29 is 36.9 Å². The van der Waals surface area contributed by atoms with E-state index in [-0.39, 0.29) is 74.7 Å². The number of aliphatic hydroxyl groups excluding tert-OH is 1. The highest BCUT2D eigenvalue weighted by molar-refractivity contribution is 7.89. The monoisotopic (exact) mass is 882 g/mol. The molecule has 0 spiro atoms. The molecule has 0 aromatic heterocycles. The highest BCUT2D eigenvalue weighted by Gasteiger charge is 2.46. The largest absolute Gasteiger partial charge is 0.504 e. The Balaban J connectivity index is 1.11. The third-order valence-electron chi connectivity index (χ3n) is 11.6. The molecule has 3 aliphatic rings. The van der Waals surface area contributed by atoms with Crippen molar-refractivity contribution in [3.8, 4) is 11.5 Å². The first-order chi connectivity index (χ1) is 27.2. The van der Waals surface area contributed by atoms with E-state index < -0.39 is 64.1 Å². The summed E-state index contributed by atoms with van der Waals surface area (Å²) in [5, 5.41) is 44.0. The standard InChI is InChI=1S/C38H48Cl2N6O10S2/c1-5-38(19-41-26-27(33(50)32(26)49)43-24-14-12-22(39)36(30(24)47)57(53,54)45(2)3)16-20(17-38)18-46(4)58(55,56)37-23(40)13-15-25(31(37)48)44-29-28(34(51)35(29)52)42-21-10-8-6-7-9-11-21/h12-15,20-21,33,41-44,47-48,50H,5-11,16-19H2,1-4H3. The molecule has 1 unspecified atom stereocenters. The van der Waals surface area contributed by atoms with Gasteiger partial charge < -0.3 is 36.6 Å². The summed E-state index contributed by atoms with van der Waals surface area (Å²) in [6, 6.07) is 5.24. The molecule has 0 aliphatic heterocycles. The summed E-state index contributed by atoms with van der Waals surface area (Å²) in [4.78, 5) is 36.7. The summed E-state index contributed by atoms with van der Waals surface area (Å²) >= 11 is 12.5. The average molecular weight is 884 g/mol. The van der Waals surface area contributed by atoms with Gasteiger partial charge >= 0.3 is 0 Å². The molecule has 1 atom stereocenters. The molecule has 20 heteroatoms. The molecule has 58 heavy (non-hydrogen) atoms. The molecule has 0 amide bonds. The third kappa shape index (κ3) is 8.03. The number of ketones is 1. The first-order valence-corrected chi connectivity index (χ1v) is 22.6. The Morgan fingerprint density at radius 2 is 1.33 bits per heavy atom. The number of Topliss-reactive ketones (excluding diaryl/α,β-unsaturated/α-hetero) is 1. The van der Waals surface area contributed by atoms with E-state index >= 15 is 0 Å². The lowest BCUT2D eigenvalue weighted by atomic mass is 9.60. The average Bonchev–Trinajstić information content (AvgIpc) is 3.44. The Morgan fingerprint density at radius 1 is 0.793 bits per heavy atom. The van der Waals surface area contributed by atoms with Gasteiger partial charge in [0, 0.05) is 40.3 Å². The number of aromatic hydroxyl groups is 2. The second-order valence-corrected chi connectivity index (χ2v) is 20.5. The molecule has 16 nitrogen and oxygen atoms in total. The summed E-state index contributed by atoms with van der Waals surface area (Å²) in [5.41, 5.74) is -1.84. The fourth-order valence-corrected chi connectivity index (χ4v) is 11.4. The van der Waals surface area contributed by atoms with Gasteiger partial charge in [0.25, 0.3) is 10.9 Å². The maximum atomic E-state index is 13.9. The topological polar surface area (TPSA) is 235 Å². The summed E-state index contributed by atoms with van der Waals surface area (Å²) < 4.78 is 55.4. The van der Waals surface area contributed by atoms with Crippen LogP contribution in [0.1, 0.15) is 64.7 Å². The van der Waals surface area contributed by atoms with Crippen molar-refractivity contribution in [1.82, 2.24) is 13.9 Å². The zero-order valence-electron chi connectivity index (χ0n) is 32.5. The van der Waals surface area contributed by atoms with Crippen LogP contribution in [0.25, 0.3) is 0 Å². The molecule has 0 heterocycles. The molecule has 0 saturated heterocycles. The van der Waals surface area contributed by atoms with Crippen molar-refractivity contribution in [3.05, 3.63) is 66.2 Å². The van der Waals surface area contributed by atoms with Gasteiger partial charge in [-0.25, -0.2) is 25.4 Å². The minimum atomic E-state index is -4.37. The Hall–Kier alpha value is -3.91. The van der Waals surface area contributed by atoms with Crippen LogP contribution in [-0.4, -0.2) is 92.9 Å². The van der Waals surface area contributed by atoms with Gasteiger partial charge in [0.2, 0.25) is 25.8 Å². The van der Waals surface area contributed by atoms with E-state index in [2.05, 4.69) is 21.3 Å². The molecule has 3 aromatic rings. The normalized spacial score (nSPS) is 21.8. The number of carbonyl (C=O) groups excluding carboxylic acids is 1. The lowest BCUT2D eigenvalue weighted by Gasteiger charge is -2.49. The number of halogens is 2. The van der Waals surface area contributed by atoms with Crippen molar-refractivity contribution in [1.29, 1.82) is 0 Å². The van der Waals surface area contributed by atoms with Crippen LogP contribution >= 0.6 is 23.2 Å². The highest BCUT2D eigenvalue weighted by atomic mass is 35.5. The van der Waals surface area contributed by atoms with Crippen molar-refractivity contribution in [2.24, 2.45) is 11.3 Å². The zero-order valence-corrected chi connectivity index (χ0v) is 35.6. The molecule has 7 N–H and O–H groups in total. The van der Waals surface area contributed by atoms with E-state index in [1.165, 1.54) is 45.4 Å². The Bertz CT molecular complexity index is 2440. The zero-order chi connectivity index (χ0) is 42.5. The number of carbonyl (C=O) groups is 1. The highest BCUT2D eigenvalue weighted by Crippen LogP contribution is 2.49. The Morgan fingerprint density at radius 3 is 1.88 bits per heavy atom. The van der Waals surface area contributed by atoms with Gasteiger partial charge in [0.15, 0.2) is 17.6 Å². The molecule has 3 aromatic carbocycles. The molecule has 2 fully saturated rings. The number of phenolic OH excluding ortho intramolecular Hbond substituents is 2. The number of hydrogen-bond donors (Lipinski definition) is 7. The lowest BCUT2D eigenvalue weighted by molar-refractivity contribution is -0.125. The molecule has 0 radical (unpaired) electrons. The number of aliphatic hydroxyl groups is 1. The van der Waals surface area contributed by atoms with Gasteiger partial charge in [-0.05, 0) is 67.7 Å². The third-order valence-corrected chi connectivity index (χ3v) is 16.2. The second kappa shape index (κ2) is 16.6. The van der Waals surface area contributed by atoms with Crippen LogP contribution < -0.4 is 32.1 Å². The number of phenols is 2. The molecule has 0 bridgehead atoms. The van der Waals surface area contributed by atoms with Crippen molar-refractivity contribution in [2.45, 2.75) is 86.6 Å². The number of nitrogens with one attached hydrogen (secondary N) is 4. The predicted octanol–water partition coefficient (Wildman–Crippen LogP) is 4.41. The minimum absolute atomic E-state index is 0.0194. The number of rotatable bonds is 16. The van der Waals surface area contributed by atoms with Gasteiger partial charge in [-0.1, -0.05) is 55.8 Å². The Kier molecular flexibility index (Phi) is 12.5. The van der Waals surface area contributed by atoms with Gasteiger partial charge in [-0.15, -0.1) is 0 Å². The summed E-state index contributed by atoms with van der Waals surface area (Å²) in [5.74, 6) is -2.09. The van der Waals surface area contributed by atoms with Crippen LogP contribution in [0.2, 0.25) is 10.0 Å². The van der Waals surface area contributed by atoms with E-state index in [1.807, 2.05) is 6.92 Å². The van der Waals surface area contributed by atoms with Gasteiger partial charge in [-0.2, -0.15) is 0 Å². The van der Waals surface area contributed by atoms with E-state index in [1.54, 1.807) is 0 Å². The summed E-state index contributed by atoms with van der Waals surface area (Å²) in [6.45, 7) is 2.33. The smallest absolute Gasteiger partial charge is 0.253 e. The number of anilines is 4. The maximum absolute atomic E-state index is 13.9. The molecule has 316 valence electrons. The summed E-state index contributed by atoms with van der Waals surface area (Å²) in [6.07, 6.45) is 6.14. The fraction of sp³-hybridized carbons (Fsp3) is 0.500. The molecule has 6 rings (SSSR count).